The smallest absolute Gasteiger partial charge is 0.304 e. The van der Waals surface area contributed by atoms with Crippen molar-refractivity contribution in [3.8, 4) is 0 Å². The van der Waals surface area contributed by atoms with Crippen molar-refractivity contribution in [2.24, 2.45) is 12.8 Å². The Bertz CT molecular complexity index is 545. The highest BCUT2D eigenvalue weighted by Gasteiger charge is 2.12. The largest absolute Gasteiger partial charge is 0.481 e. The first kappa shape index (κ1) is 11.7. The first-order valence-corrected chi connectivity index (χ1v) is 5.58. The Hall–Kier alpha value is -1.81. The molecule has 0 aliphatic carbocycles. The lowest BCUT2D eigenvalue weighted by Crippen LogP contribution is -2.25. The van der Waals surface area contributed by atoms with Crippen molar-refractivity contribution >= 4 is 16.9 Å². The molecule has 17 heavy (non-hydrogen) atoms. The van der Waals surface area contributed by atoms with Gasteiger partial charge in [-0.25, -0.2) is 0 Å². The number of aryl methyl sites for hydroxylation is 1. The molecule has 1 aromatic carbocycles. The van der Waals surface area contributed by atoms with Crippen LogP contribution in [-0.2, 0) is 18.3 Å². The van der Waals surface area contributed by atoms with Gasteiger partial charge in [-0.2, -0.15) is 0 Å². The molecule has 0 fully saturated rings. The zero-order valence-corrected chi connectivity index (χ0v) is 9.76. The van der Waals surface area contributed by atoms with E-state index >= 15 is 0 Å². The summed E-state index contributed by atoms with van der Waals surface area (Å²) in [5.41, 5.74) is 8.07. The fourth-order valence-corrected chi connectivity index (χ4v) is 2.17. The van der Waals surface area contributed by atoms with Gasteiger partial charge in [-0.1, -0.05) is 18.2 Å². The minimum Gasteiger partial charge on any atom is -0.481 e. The molecule has 0 bridgehead atoms. The van der Waals surface area contributed by atoms with Gasteiger partial charge in [0.1, 0.15) is 0 Å². The number of hydrogen-bond donors (Lipinski definition) is 2. The normalized spacial score (nSPS) is 12.8. The lowest BCUT2D eigenvalue weighted by molar-refractivity contribution is -0.137. The Kier molecular flexibility index (Phi) is 3.15. The van der Waals surface area contributed by atoms with Gasteiger partial charge in [0, 0.05) is 30.2 Å². The third-order valence-electron chi connectivity index (χ3n) is 2.90. The molecule has 0 saturated carbocycles. The van der Waals surface area contributed by atoms with Gasteiger partial charge in [0.2, 0.25) is 0 Å². The molecule has 3 N–H and O–H groups in total. The molecule has 90 valence electrons. The molecule has 0 saturated heterocycles. The van der Waals surface area contributed by atoms with E-state index in [2.05, 4.69) is 0 Å². The number of nitrogens with two attached hydrogens (primary N) is 1. The first-order valence-electron chi connectivity index (χ1n) is 5.58. The summed E-state index contributed by atoms with van der Waals surface area (Å²) in [4.78, 5) is 10.6. The van der Waals surface area contributed by atoms with Crippen LogP contribution in [-0.4, -0.2) is 21.7 Å². The van der Waals surface area contributed by atoms with E-state index in [1.165, 1.54) is 0 Å². The molecule has 0 aliphatic rings. The van der Waals surface area contributed by atoms with Crippen molar-refractivity contribution in [2.45, 2.75) is 18.9 Å². The third kappa shape index (κ3) is 2.47. The first-order chi connectivity index (χ1) is 8.08. The predicted molar refractivity (Wildman–Crippen MR) is 66.9 cm³/mol. The highest BCUT2D eigenvalue weighted by molar-refractivity contribution is 5.84. The quantitative estimate of drug-likeness (QED) is 0.839. The van der Waals surface area contributed by atoms with Crippen molar-refractivity contribution in [3.05, 3.63) is 36.0 Å². The van der Waals surface area contributed by atoms with E-state index in [1.54, 1.807) is 0 Å². The van der Waals surface area contributed by atoms with Gasteiger partial charge >= 0.3 is 5.97 Å². The Morgan fingerprint density at radius 3 is 2.88 bits per heavy atom. The lowest BCUT2D eigenvalue weighted by atomic mass is 10.0. The zero-order chi connectivity index (χ0) is 12.4. The number of aliphatic carboxylic acids is 1. The number of carboxylic acids is 1. The van der Waals surface area contributed by atoms with Gasteiger partial charge in [0.25, 0.3) is 0 Å². The number of rotatable bonds is 4. The minimum atomic E-state index is -0.849. The minimum absolute atomic E-state index is 0.00320. The van der Waals surface area contributed by atoms with E-state index in [0.29, 0.717) is 6.42 Å². The maximum atomic E-state index is 10.6. The zero-order valence-electron chi connectivity index (χ0n) is 9.76. The fourth-order valence-electron chi connectivity index (χ4n) is 2.17. The van der Waals surface area contributed by atoms with Gasteiger partial charge in [-0.05, 0) is 18.1 Å². The standard InChI is InChI=1S/C13H16N2O2/c1-15-8-9(6-10(14)7-13(16)17)11-4-2-3-5-12(11)15/h2-5,8,10H,6-7,14H2,1H3,(H,16,17). The SMILES string of the molecule is Cn1cc(CC(N)CC(=O)O)c2ccccc21. The molecule has 4 heteroatoms. The predicted octanol–water partition coefficient (Wildman–Crippen LogP) is 1.52. The highest BCUT2D eigenvalue weighted by Crippen LogP contribution is 2.21. The number of hydrogen-bond acceptors (Lipinski definition) is 2. The maximum Gasteiger partial charge on any atom is 0.304 e. The maximum absolute atomic E-state index is 10.6. The second-order valence-electron chi connectivity index (χ2n) is 4.34. The van der Waals surface area contributed by atoms with Crippen molar-refractivity contribution in [1.29, 1.82) is 0 Å². The molecule has 1 unspecified atom stereocenters. The van der Waals surface area contributed by atoms with Crippen LogP contribution in [0.3, 0.4) is 0 Å². The van der Waals surface area contributed by atoms with Gasteiger partial charge in [-0.3, -0.25) is 4.79 Å². The van der Waals surface area contributed by atoms with Crippen LogP contribution in [0.4, 0.5) is 0 Å². The van der Waals surface area contributed by atoms with Crippen LogP contribution in [0.1, 0.15) is 12.0 Å². The van der Waals surface area contributed by atoms with E-state index < -0.39 is 5.97 Å². The highest BCUT2D eigenvalue weighted by atomic mass is 16.4. The van der Waals surface area contributed by atoms with Crippen LogP contribution < -0.4 is 5.73 Å². The van der Waals surface area contributed by atoms with Crippen molar-refractivity contribution in [1.82, 2.24) is 4.57 Å². The number of carboxylic acid groups (broad SMARTS) is 1. The molecule has 1 aromatic heterocycles. The van der Waals surface area contributed by atoms with Crippen LogP contribution >= 0.6 is 0 Å². The summed E-state index contributed by atoms with van der Waals surface area (Å²) in [6, 6.07) is 7.72. The topological polar surface area (TPSA) is 68.2 Å². The summed E-state index contributed by atoms with van der Waals surface area (Å²) in [6.07, 6.45) is 2.61. The summed E-state index contributed by atoms with van der Waals surface area (Å²) < 4.78 is 2.04. The van der Waals surface area contributed by atoms with Crippen LogP contribution in [0.15, 0.2) is 30.5 Å². The van der Waals surface area contributed by atoms with Crippen LogP contribution in [0, 0.1) is 0 Å². The van der Waals surface area contributed by atoms with Crippen molar-refractivity contribution < 1.29 is 9.90 Å². The summed E-state index contributed by atoms with van der Waals surface area (Å²) in [5, 5.41) is 9.84. The molecule has 1 heterocycles. The molecule has 2 aromatic rings. The number of nitrogens with zero attached hydrogens (tertiary/aromatic N) is 1. The summed E-state index contributed by atoms with van der Waals surface area (Å²) >= 11 is 0. The molecule has 1 atom stereocenters. The lowest BCUT2D eigenvalue weighted by Gasteiger charge is -2.07. The van der Waals surface area contributed by atoms with Crippen LogP contribution in [0.5, 0.6) is 0 Å². The molecule has 2 rings (SSSR count). The van der Waals surface area contributed by atoms with Gasteiger partial charge in [-0.15, -0.1) is 0 Å². The van der Waals surface area contributed by atoms with E-state index in [-0.39, 0.29) is 12.5 Å². The second kappa shape index (κ2) is 4.59. The average Bonchev–Trinajstić information content (AvgIpc) is 2.55. The number of carbonyl (C=O) groups is 1. The summed E-state index contributed by atoms with van der Waals surface area (Å²) in [6.45, 7) is 0. The Balaban J connectivity index is 2.27. The monoisotopic (exact) mass is 232 g/mol. The molecule has 4 nitrogen and oxygen atoms in total. The molecule has 0 aliphatic heterocycles. The van der Waals surface area contributed by atoms with E-state index in [0.717, 1.165) is 16.5 Å². The Labute approximate surface area is 99.7 Å². The van der Waals surface area contributed by atoms with E-state index in [4.69, 9.17) is 10.8 Å². The summed E-state index contributed by atoms with van der Waals surface area (Å²) in [7, 11) is 1.98. The fraction of sp³-hybridized carbons (Fsp3) is 0.308. The Morgan fingerprint density at radius 1 is 1.47 bits per heavy atom. The van der Waals surface area contributed by atoms with E-state index in [1.807, 2.05) is 42.1 Å². The van der Waals surface area contributed by atoms with E-state index in [9.17, 15) is 4.79 Å². The molecular formula is C13H16N2O2. The average molecular weight is 232 g/mol. The summed E-state index contributed by atoms with van der Waals surface area (Å²) in [5.74, 6) is -0.849. The van der Waals surface area contributed by atoms with Crippen molar-refractivity contribution in [3.63, 3.8) is 0 Å². The third-order valence-corrected chi connectivity index (χ3v) is 2.90. The second-order valence-corrected chi connectivity index (χ2v) is 4.34. The Morgan fingerprint density at radius 2 is 2.18 bits per heavy atom. The van der Waals surface area contributed by atoms with Crippen LogP contribution in [0.2, 0.25) is 0 Å². The number of benzene rings is 1. The number of fused-ring (bicyclic) bond motifs is 1. The number of para-hydroxylation sites is 1. The van der Waals surface area contributed by atoms with Gasteiger partial charge in [0.05, 0.1) is 6.42 Å². The molecular weight excluding hydrogens is 216 g/mol. The van der Waals surface area contributed by atoms with Gasteiger partial charge < -0.3 is 15.4 Å². The van der Waals surface area contributed by atoms with Gasteiger partial charge in [0.15, 0.2) is 0 Å². The molecule has 0 spiro atoms. The van der Waals surface area contributed by atoms with Crippen LogP contribution in [0.25, 0.3) is 10.9 Å². The number of aromatic nitrogens is 1. The van der Waals surface area contributed by atoms with Crippen molar-refractivity contribution in [2.75, 3.05) is 0 Å². The molecule has 0 amide bonds. The molecule has 0 radical (unpaired) electrons.